The average Bonchev–Trinajstić information content (AvgIpc) is 3.35. The van der Waals surface area contributed by atoms with Gasteiger partial charge in [-0.15, -0.1) is 6.58 Å². The number of nitro groups is 1. The van der Waals surface area contributed by atoms with E-state index < -0.39 is 35.1 Å². The summed E-state index contributed by atoms with van der Waals surface area (Å²) >= 11 is 0. The number of unbranched alkanes of at least 4 members (excludes halogenated alkanes) is 11. The molecule has 2 heterocycles. The van der Waals surface area contributed by atoms with Crippen molar-refractivity contribution < 1.29 is 48.5 Å². The summed E-state index contributed by atoms with van der Waals surface area (Å²) < 4.78 is 33.0. The van der Waals surface area contributed by atoms with E-state index in [0.717, 1.165) is 68.9 Å². The summed E-state index contributed by atoms with van der Waals surface area (Å²) in [5.41, 5.74) is 2.41. The minimum Gasteiger partial charge on any atom is -0.459 e. The second kappa shape index (κ2) is 27.6. The van der Waals surface area contributed by atoms with Gasteiger partial charge in [-0.25, -0.2) is 4.79 Å². The topological polar surface area (TPSA) is 172 Å². The Morgan fingerprint density at radius 3 is 2.35 bits per heavy atom. The number of hydrogen-bond donors (Lipinski definition) is 2. The van der Waals surface area contributed by atoms with Gasteiger partial charge in [0.15, 0.2) is 0 Å². The van der Waals surface area contributed by atoms with E-state index in [9.17, 15) is 25.1 Å². The lowest BCUT2D eigenvalue weighted by molar-refractivity contribution is -0.384. The molecule has 2 aromatic carbocycles. The maximum atomic E-state index is 14.7. The molecule has 1 unspecified atom stereocenters. The summed E-state index contributed by atoms with van der Waals surface area (Å²) in [4.78, 5) is 34.0. The van der Waals surface area contributed by atoms with Gasteiger partial charge in [0.1, 0.15) is 23.3 Å². The minimum atomic E-state index is -1.43. The van der Waals surface area contributed by atoms with Crippen molar-refractivity contribution in [2.45, 2.75) is 173 Å². The smallest absolute Gasteiger partial charge is 0.410 e. The Bertz CT molecular complexity index is 1950. The third-order valence-electron chi connectivity index (χ3n) is 14.1. The van der Waals surface area contributed by atoms with Crippen LogP contribution in [0.25, 0.3) is 0 Å². The zero-order valence-electron chi connectivity index (χ0n) is 40.9. The molecular formula is C54H79N3O11. The number of hydrogen-bond acceptors (Lipinski definition) is 12. The Morgan fingerprint density at radius 1 is 0.926 bits per heavy atom. The summed E-state index contributed by atoms with van der Waals surface area (Å²) in [7, 11) is 0. The number of benzene rings is 2. The number of nitrogens with zero attached hydrogens (tertiary/aromatic N) is 3. The first-order valence-electron chi connectivity index (χ1n) is 26.0. The number of carbonyl (C=O) groups is 1. The zero-order valence-corrected chi connectivity index (χ0v) is 40.9. The number of allylic oxidation sites excluding steroid dienone is 1. The van der Waals surface area contributed by atoms with Crippen molar-refractivity contribution in [1.29, 1.82) is 0 Å². The van der Waals surface area contributed by atoms with E-state index in [0.29, 0.717) is 68.4 Å². The molecule has 0 bridgehead atoms. The number of rotatable bonds is 30. The molecule has 2 aliphatic heterocycles. The Hall–Kier alpha value is -4.50. The first-order chi connectivity index (χ1) is 33.3. The summed E-state index contributed by atoms with van der Waals surface area (Å²) in [5, 5.41) is 36.6. The minimum absolute atomic E-state index is 0.00178. The van der Waals surface area contributed by atoms with Crippen LogP contribution in [0.3, 0.4) is 0 Å². The molecule has 0 aromatic heterocycles. The van der Waals surface area contributed by atoms with Gasteiger partial charge >= 0.3 is 6.09 Å². The van der Waals surface area contributed by atoms with Crippen molar-refractivity contribution in [1.82, 2.24) is 4.90 Å². The van der Waals surface area contributed by atoms with Crippen LogP contribution in [-0.2, 0) is 19.0 Å². The highest BCUT2D eigenvalue weighted by molar-refractivity contribution is 6.03. The molecule has 1 amide bonds. The van der Waals surface area contributed by atoms with Gasteiger partial charge < -0.3 is 38.7 Å². The van der Waals surface area contributed by atoms with Crippen LogP contribution < -0.4 is 9.47 Å². The number of aliphatic hydroxyl groups excluding tert-OH is 2. The van der Waals surface area contributed by atoms with Crippen molar-refractivity contribution in [3.8, 4) is 17.2 Å². The maximum Gasteiger partial charge on any atom is 0.410 e. The third kappa shape index (κ3) is 13.8. The predicted molar refractivity (Wildman–Crippen MR) is 263 cm³/mol. The lowest BCUT2D eigenvalue weighted by Crippen LogP contribution is -2.70. The molecule has 6 rings (SSSR count). The fourth-order valence-corrected chi connectivity index (χ4v) is 10.9. The van der Waals surface area contributed by atoms with Crippen molar-refractivity contribution in [2.24, 2.45) is 22.9 Å². The highest BCUT2D eigenvalue weighted by atomic mass is 16.8. The standard InChI is InChI=1S/C54H79N3O11/c1-4-7-8-9-10-11-12-13-14-20-35-64-53(60)56(30-5-2)49-39-47(55-68-50-27-17-21-34-63-50)45-36-40(23-15-18-31-58)44(26-16-19-32-59)51-46-38-43(66-42-25-22-24-41(37-42)57(61)62)28-29-48(46)67-54(49,52(45)51)65-33-6-3/h6,22,24-25,28-29,36-38,40,44,49-52,58-59H,3-5,7-21,23,26-27,30-35,39H2,1-2H3/t40-,44+,49-,50?,51+,52+,54+/m0/s1. The fraction of sp³-hybridized carbons (Fsp3) is 0.667. The second-order valence-electron chi connectivity index (χ2n) is 19.0. The molecule has 14 nitrogen and oxygen atoms in total. The van der Waals surface area contributed by atoms with E-state index in [4.69, 9.17) is 33.7 Å². The van der Waals surface area contributed by atoms with Gasteiger partial charge in [-0.3, -0.25) is 15.0 Å². The Morgan fingerprint density at radius 2 is 1.66 bits per heavy atom. The van der Waals surface area contributed by atoms with Crippen LogP contribution >= 0.6 is 0 Å². The van der Waals surface area contributed by atoms with Crippen molar-refractivity contribution >= 4 is 17.5 Å². The highest BCUT2D eigenvalue weighted by Gasteiger charge is 2.65. The molecule has 2 aromatic rings. The average molecular weight is 946 g/mol. The Labute approximate surface area is 404 Å². The van der Waals surface area contributed by atoms with Gasteiger partial charge in [0.25, 0.3) is 5.69 Å². The van der Waals surface area contributed by atoms with Crippen molar-refractivity contribution in [3.63, 3.8) is 0 Å². The normalized spacial score (nSPS) is 24.5. The second-order valence-corrected chi connectivity index (χ2v) is 19.0. The molecule has 0 spiro atoms. The highest BCUT2D eigenvalue weighted by Crippen LogP contribution is 2.62. The Kier molecular flexibility index (Phi) is 21.5. The van der Waals surface area contributed by atoms with E-state index in [-0.39, 0.29) is 49.7 Å². The maximum absolute atomic E-state index is 14.7. The van der Waals surface area contributed by atoms with Gasteiger partial charge in [-0.2, -0.15) is 0 Å². The van der Waals surface area contributed by atoms with E-state index in [2.05, 4.69) is 19.6 Å². The fourth-order valence-electron chi connectivity index (χ4n) is 10.9. The lowest BCUT2D eigenvalue weighted by atomic mass is 9.55. The molecule has 1 saturated carbocycles. The molecule has 2 aliphatic carbocycles. The lowest BCUT2D eigenvalue weighted by Gasteiger charge is -2.60. The van der Waals surface area contributed by atoms with Gasteiger partial charge in [0.2, 0.25) is 12.1 Å². The van der Waals surface area contributed by atoms with Crippen molar-refractivity contribution in [3.05, 3.63) is 82.4 Å². The van der Waals surface area contributed by atoms with Gasteiger partial charge in [0.05, 0.1) is 42.4 Å². The molecule has 68 heavy (non-hydrogen) atoms. The third-order valence-corrected chi connectivity index (χ3v) is 14.1. The van der Waals surface area contributed by atoms with Gasteiger partial charge in [-0.05, 0) is 93.0 Å². The van der Waals surface area contributed by atoms with Crippen LogP contribution in [0.5, 0.6) is 17.2 Å². The number of fused-ring (bicyclic) bond motifs is 2. The monoisotopic (exact) mass is 946 g/mol. The van der Waals surface area contributed by atoms with Crippen molar-refractivity contribution in [2.75, 3.05) is 39.6 Å². The first kappa shape index (κ1) is 52.9. The molecule has 2 N–H and O–H groups in total. The molecular weight excluding hydrogens is 867 g/mol. The van der Waals surface area contributed by atoms with E-state index in [1.54, 1.807) is 29.2 Å². The zero-order chi connectivity index (χ0) is 48.1. The molecule has 2 fully saturated rings. The molecule has 7 atom stereocenters. The predicted octanol–water partition coefficient (Wildman–Crippen LogP) is 12.3. The number of ether oxygens (including phenoxy) is 5. The summed E-state index contributed by atoms with van der Waals surface area (Å²) in [6.45, 7) is 9.91. The van der Waals surface area contributed by atoms with E-state index in [1.165, 1.54) is 57.1 Å². The Balaban J connectivity index is 1.43. The number of aliphatic hydroxyl groups is 2. The van der Waals surface area contributed by atoms with Crippen LogP contribution in [0.15, 0.2) is 71.9 Å². The molecule has 14 heteroatoms. The number of non-ortho nitro benzene ring substituents is 1. The van der Waals surface area contributed by atoms with E-state index >= 15 is 0 Å². The molecule has 1 saturated heterocycles. The van der Waals surface area contributed by atoms with Crippen LogP contribution in [0, 0.1) is 27.9 Å². The van der Waals surface area contributed by atoms with Crippen LogP contribution in [0.1, 0.15) is 160 Å². The molecule has 4 aliphatic rings. The molecule has 376 valence electrons. The number of amides is 1. The number of carbonyl (C=O) groups excluding carboxylic acids is 1. The summed E-state index contributed by atoms with van der Waals surface area (Å²) in [5.74, 6) is -0.803. The SMILES string of the molecule is C=CCO[C@@]12Oc3ccc(Oc4cccc([N+](=O)[O-])c4)cc3[C@H]3[C@H](CCCCO)[C@@H](CCCCO)C=C(C(=NOC4CCCCO4)C[C@@H]1N(CCC)C(=O)OCCCCCCCCCCCC)[C@H]32. The van der Waals surface area contributed by atoms with Gasteiger partial charge in [-0.1, -0.05) is 108 Å². The largest absolute Gasteiger partial charge is 0.459 e. The van der Waals surface area contributed by atoms with Gasteiger partial charge in [0, 0.05) is 50.1 Å². The van der Waals surface area contributed by atoms with Crippen LogP contribution in [0.4, 0.5) is 10.5 Å². The van der Waals surface area contributed by atoms with Crippen LogP contribution in [0.2, 0.25) is 0 Å². The quantitative estimate of drug-likeness (QED) is 0.0330. The number of nitro benzene ring substituents is 1. The number of oxime groups is 1. The first-order valence-corrected chi connectivity index (χ1v) is 26.0. The van der Waals surface area contributed by atoms with Crippen LogP contribution in [-0.4, -0.2) is 89.5 Å². The summed E-state index contributed by atoms with van der Waals surface area (Å²) in [6.07, 6.45) is 22.8. The van der Waals surface area contributed by atoms with E-state index in [1.807, 2.05) is 19.1 Å². The molecule has 0 radical (unpaired) electrons. The summed E-state index contributed by atoms with van der Waals surface area (Å²) in [6, 6.07) is 11.1.